The van der Waals surface area contributed by atoms with Gasteiger partial charge in [-0.05, 0) is 24.4 Å². The van der Waals surface area contributed by atoms with E-state index in [2.05, 4.69) is 56.1 Å². The van der Waals surface area contributed by atoms with Crippen molar-refractivity contribution in [3.8, 4) is 0 Å². The van der Waals surface area contributed by atoms with Gasteiger partial charge in [0, 0.05) is 13.2 Å². The van der Waals surface area contributed by atoms with Crippen molar-refractivity contribution in [1.29, 1.82) is 0 Å². The van der Waals surface area contributed by atoms with E-state index in [4.69, 9.17) is 5.11 Å². The van der Waals surface area contributed by atoms with Gasteiger partial charge in [0.25, 0.3) is 0 Å². The number of benzene rings is 1. The minimum Gasteiger partial charge on any atom is -0.396 e. The summed E-state index contributed by atoms with van der Waals surface area (Å²) in [6.45, 7) is 11.5. The maximum absolute atomic E-state index is 8.97. The van der Waals surface area contributed by atoms with E-state index in [9.17, 15) is 0 Å². The maximum atomic E-state index is 8.97. The molecular weight excluding hydrogens is 250 g/mol. The maximum Gasteiger partial charge on any atom is 0.0775 e. The van der Waals surface area contributed by atoms with Crippen molar-refractivity contribution in [3.63, 3.8) is 0 Å². The molecule has 1 unspecified atom stereocenters. The van der Waals surface area contributed by atoms with Crippen molar-refractivity contribution >= 4 is 13.3 Å². The molecule has 0 saturated carbocycles. The minimum atomic E-state index is -1.17. The summed E-state index contributed by atoms with van der Waals surface area (Å²) in [4.78, 5) is 0. The van der Waals surface area contributed by atoms with Crippen LogP contribution >= 0.6 is 0 Å². The van der Waals surface area contributed by atoms with Crippen molar-refractivity contribution in [1.82, 2.24) is 5.32 Å². The molecule has 3 heteroatoms. The van der Waals surface area contributed by atoms with E-state index in [0.717, 1.165) is 25.9 Å². The van der Waals surface area contributed by atoms with E-state index in [1.165, 1.54) is 10.8 Å². The highest BCUT2D eigenvalue weighted by molar-refractivity contribution is 6.88. The Hall–Kier alpha value is -0.643. The smallest absolute Gasteiger partial charge is 0.0775 e. The second-order valence-electron chi connectivity index (χ2n) is 6.36. The molecule has 19 heavy (non-hydrogen) atoms. The average molecular weight is 279 g/mol. The first-order chi connectivity index (χ1) is 8.97. The Bertz CT molecular complexity index is 356. The van der Waals surface area contributed by atoms with Crippen molar-refractivity contribution in [2.24, 2.45) is 5.92 Å². The molecule has 108 valence electrons. The summed E-state index contributed by atoms with van der Waals surface area (Å²) >= 11 is 0. The van der Waals surface area contributed by atoms with E-state index in [1.54, 1.807) is 0 Å². The molecule has 2 nitrogen and oxygen atoms in total. The fraction of sp³-hybridized carbons (Fsp3) is 0.625. The van der Waals surface area contributed by atoms with Gasteiger partial charge in [-0.1, -0.05) is 62.4 Å². The first-order valence-electron chi connectivity index (χ1n) is 7.38. The van der Waals surface area contributed by atoms with Gasteiger partial charge in [0.1, 0.15) is 0 Å². The Labute approximate surface area is 119 Å². The fourth-order valence-electron chi connectivity index (χ4n) is 2.18. The molecule has 0 aliphatic rings. The van der Waals surface area contributed by atoms with Gasteiger partial charge in [-0.25, -0.2) is 0 Å². The van der Waals surface area contributed by atoms with Crippen LogP contribution in [0.4, 0.5) is 0 Å². The number of aliphatic hydroxyl groups excluding tert-OH is 1. The third-order valence-electron chi connectivity index (χ3n) is 3.70. The van der Waals surface area contributed by atoms with Gasteiger partial charge >= 0.3 is 0 Å². The van der Waals surface area contributed by atoms with E-state index >= 15 is 0 Å². The molecular formula is C16H29NOSi. The van der Waals surface area contributed by atoms with Crippen molar-refractivity contribution in [2.75, 3.05) is 13.2 Å². The van der Waals surface area contributed by atoms with Crippen LogP contribution in [-0.4, -0.2) is 26.3 Å². The highest BCUT2D eigenvalue weighted by Crippen LogP contribution is 2.07. The van der Waals surface area contributed by atoms with Crippen LogP contribution in [-0.2, 0) is 6.54 Å². The number of nitrogens with one attached hydrogen (secondary N) is 1. The Morgan fingerprint density at radius 3 is 2.26 bits per heavy atom. The lowest BCUT2D eigenvalue weighted by atomic mass is 10.0. The monoisotopic (exact) mass is 279 g/mol. The normalized spacial score (nSPS) is 13.5. The van der Waals surface area contributed by atoms with Crippen LogP contribution in [0, 0.1) is 5.92 Å². The zero-order chi connectivity index (χ0) is 14.3. The Balaban J connectivity index is 2.42. The second-order valence-corrected chi connectivity index (χ2v) is 11.4. The predicted octanol–water partition coefficient (Wildman–Crippen LogP) is 2.73. The van der Waals surface area contributed by atoms with Gasteiger partial charge in [-0.15, -0.1) is 0 Å². The molecule has 1 aromatic rings. The van der Waals surface area contributed by atoms with Gasteiger partial charge in [-0.2, -0.15) is 0 Å². The van der Waals surface area contributed by atoms with Crippen LogP contribution in [0.3, 0.4) is 0 Å². The summed E-state index contributed by atoms with van der Waals surface area (Å²) in [5.41, 5.74) is 1.35. The molecule has 0 bridgehead atoms. The summed E-state index contributed by atoms with van der Waals surface area (Å²) in [5.74, 6) is 0.589. The van der Waals surface area contributed by atoms with Gasteiger partial charge < -0.3 is 10.4 Å². The molecule has 0 radical (unpaired) electrons. The Kier molecular flexibility index (Phi) is 6.76. The number of rotatable bonds is 8. The zero-order valence-electron chi connectivity index (χ0n) is 12.9. The summed E-state index contributed by atoms with van der Waals surface area (Å²) in [6, 6.07) is 9.06. The van der Waals surface area contributed by atoms with Gasteiger partial charge in [0.15, 0.2) is 0 Å². The first-order valence-corrected chi connectivity index (χ1v) is 10.9. The topological polar surface area (TPSA) is 32.3 Å². The molecule has 1 aromatic carbocycles. The molecule has 0 aliphatic heterocycles. The van der Waals surface area contributed by atoms with Gasteiger partial charge in [0.05, 0.1) is 8.07 Å². The Morgan fingerprint density at radius 1 is 1.16 bits per heavy atom. The van der Waals surface area contributed by atoms with E-state index in [-0.39, 0.29) is 0 Å². The van der Waals surface area contributed by atoms with Crippen molar-refractivity contribution < 1.29 is 5.11 Å². The number of hydrogen-bond donors (Lipinski definition) is 2. The standard InChI is InChI=1S/C16H29NOSi/c1-5-14(10-11-18)12-17-13-15-6-8-16(9-7-15)19(2,3)4/h6-9,14,17-18H,5,10-13H2,1-4H3. The van der Waals surface area contributed by atoms with Crippen LogP contribution < -0.4 is 10.5 Å². The molecule has 0 saturated heterocycles. The molecule has 0 heterocycles. The highest BCUT2D eigenvalue weighted by atomic mass is 28.3. The number of hydrogen-bond acceptors (Lipinski definition) is 2. The third kappa shape index (κ3) is 5.89. The SMILES string of the molecule is CCC(CCO)CNCc1ccc([Si](C)(C)C)cc1. The van der Waals surface area contributed by atoms with Gasteiger partial charge in [0.2, 0.25) is 0 Å². The third-order valence-corrected chi connectivity index (χ3v) is 5.76. The van der Waals surface area contributed by atoms with Crippen LogP contribution in [0.15, 0.2) is 24.3 Å². The lowest BCUT2D eigenvalue weighted by Gasteiger charge is -2.17. The van der Waals surface area contributed by atoms with Crippen molar-refractivity contribution in [3.05, 3.63) is 29.8 Å². The lowest BCUT2D eigenvalue weighted by molar-refractivity contribution is 0.251. The number of aliphatic hydroxyl groups is 1. The predicted molar refractivity (Wildman–Crippen MR) is 86.6 cm³/mol. The molecule has 0 aromatic heterocycles. The molecule has 2 N–H and O–H groups in total. The summed E-state index contributed by atoms with van der Waals surface area (Å²) in [5, 5.41) is 14.0. The largest absolute Gasteiger partial charge is 0.396 e. The van der Waals surface area contributed by atoms with E-state index in [0.29, 0.717) is 12.5 Å². The highest BCUT2D eigenvalue weighted by Gasteiger charge is 2.15. The fourth-order valence-corrected chi connectivity index (χ4v) is 3.34. The average Bonchev–Trinajstić information content (AvgIpc) is 2.37. The molecule has 0 aliphatic carbocycles. The van der Waals surface area contributed by atoms with Crippen LogP contribution in [0.5, 0.6) is 0 Å². The molecule has 0 spiro atoms. The van der Waals surface area contributed by atoms with E-state index in [1.807, 2.05) is 0 Å². The minimum absolute atomic E-state index is 0.297. The summed E-state index contributed by atoms with van der Waals surface area (Å²) in [7, 11) is -1.17. The van der Waals surface area contributed by atoms with Crippen LogP contribution in [0.25, 0.3) is 0 Å². The van der Waals surface area contributed by atoms with E-state index < -0.39 is 8.07 Å². The van der Waals surface area contributed by atoms with Crippen LogP contribution in [0.2, 0.25) is 19.6 Å². The molecule has 1 rings (SSSR count). The summed E-state index contributed by atoms with van der Waals surface area (Å²) in [6.07, 6.45) is 2.03. The second kappa shape index (κ2) is 7.83. The summed E-state index contributed by atoms with van der Waals surface area (Å²) < 4.78 is 0. The molecule has 0 fully saturated rings. The molecule has 1 atom stereocenters. The lowest BCUT2D eigenvalue weighted by Crippen LogP contribution is -2.37. The van der Waals surface area contributed by atoms with Gasteiger partial charge in [-0.3, -0.25) is 0 Å². The first kappa shape index (κ1) is 16.4. The quantitative estimate of drug-likeness (QED) is 0.717. The zero-order valence-corrected chi connectivity index (χ0v) is 13.9. The molecule has 0 amide bonds. The van der Waals surface area contributed by atoms with Crippen LogP contribution in [0.1, 0.15) is 25.3 Å². The van der Waals surface area contributed by atoms with Crippen molar-refractivity contribution in [2.45, 2.75) is 46.0 Å². The Morgan fingerprint density at radius 2 is 1.79 bits per heavy atom.